The summed E-state index contributed by atoms with van der Waals surface area (Å²) in [5, 5.41) is 25.4. The van der Waals surface area contributed by atoms with Gasteiger partial charge in [0.1, 0.15) is 28.8 Å². The van der Waals surface area contributed by atoms with Gasteiger partial charge in [-0.25, -0.2) is 0 Å². The van der Waals surface area contributed by atoms with Gasteiger partial charge in [0.25, 0.3) is 0 Å². The van der Waals surface area contributed by atoms with E-state index in [-0.39, 0.29) is 11.8 Å². The average Bonchev–Trinajstić information content (AvgIpc) is 2.73. The van der Waals surface area contributed by atoms with E-state index >= 15 is 0 Å². The van der Waals surface area contributed by atoms with Gasteiger partial charge in [-0.3, -0.25) is 0 Å². The summed E-state index contributed by atoms with van der Waals surface area (Å²) in [6.07, 6.45) is 1.19. The van der Waals surface area contributed by atoms with Gasteiger partial charge in [-0.15, -0.1) is 0 Å². The van der Waals surface area contributed by atoms with Crippen LogP contribution >= 0.6 is 7.26 Å². The van der Waals surface area contributed by atoms with Crippen LogP contribution in [-0.2, 0) is 0 Å². The second kappa shape index (κ2) is 7.94. The fraction of sp³-hybridized carbons (Fsp3) is 0.250. The number of benzene rings is 3. The van der Waals surface area contributed by atoms with Crippen molar-refractivity contribution >= 4 is 23.2 Å². The molecule has 1 aliphatic rings. The van der Waals surface area contributed by atoms with E-state index in [1.54, 1.807) is 0 Å². The van der Waals surface area contributed by atoms with Crippen molar-refractivity contribution in [1.29, 1.82) is 0 Å². The Balaban J connectivity index is 2.03. The van der Waals surface area contributed by atoms with E-state index in [2.05, 4.69) is 72.8 Å². The molecule has 0 radical (unpaired) electrons. The van der Waals surface area contributed by atoms with Gasteiger partial charge in [0.15, 0.2) is 0 Å². The number of aliphatic hydroxyl groups excluding tert-OH is 2. The fourth-order valence-electron chi connectivity index (χ4n) is 4.54. The van der Waals surface area contributed by atoms with Crippen LogP contribution < -0.4 is 15.9 Å². The molecule has 3 aromatic rings. The summed E-state index contributed by atoms with van der Waals surface area (Å²) in [6, 6.07) is 31.8. The van der Waals surface area contributed by atoms with Crippen LogP contribution in [0, 0.1) is 0 Å². The Morgan fingerprint density at radius 1 is 0.593 bits per heavy atom. The predicted octanol–water partition coefficient (Wildman–Crippen LogP) is 3.25. The molecule has 0 aliphatic heterocycles. The summed E-state index contributed by atoms with van der Waals surface area (Å²) in [6.45, 7) is 0. The van der Waals surface area contributed by atoms with Crippen LogP contribution in [0.5, 0.6) is 0 Å². The Hall–Kier alpha value is -1.99. The van der Waals surface area contributed by atoms with E-state index in [9.17, 15) is 10.2 Å². The maximum Gasteiger partial charge on any atom is 0.117 e. The van der Waals surface area contributed by atoms with Gasteiger partial charge in [-0.2, -0.15) is 0 Å². The first kappa shape index (κ1) is 18.4. The molecule has 27 heavy (non-hydrogen) atoms. The molecule has 0 heterocycles. The molecule has 3 unspecified atom stereocenters. The number of rotatable bonds is 4. The molecule has 138 valence electrons. The van der Waals surface area contributed by atoms with Gasteiger partial charge in [0.05, 0.1) is 12.2 Å². The largest absolute Gasteiger partial charge is 0.393 e. The molecular weight excluding hydrogens is 351 g/mol. The van der Waals surface area contributed by atoms with Gasteiger partial charge < -0.3 is 10.2 Å². The summed E-state index contributed by atoms with van der Waals surface area (Å²) in [4.78, 5) is 0. The molecule has 3 atom stereocenters. The molecule has 0 bridgehead atoms. The standard InChI is InChI=1S/C24H26O2P/c25-19-16-17-23(26)24(18-19)27(20-10-4-1-5-11-20,21-12-6-2-7-13-21)22-14-8-3-9-15-22/h1-15,19,23-26H,16-18H2/q+1. The van der Waals surface area contributed by atoms with E-state index < -0.39 is 13.4 Å². The first-order valence-electron chi connectivity index (χ1n) is 9.64. The van der Waals surface area contributed by atoms with E-state index in [1.165, 1.54) is 15.9 Å². The molecule has 3 heteroatoms. The molecule has 1 aliphatic carbocycles. The van der Waals surface area contributed by atoms with Gasteiger partial charge in [-0.1, -0.05) is 54.6 Å². The number of hydrogen-bond acceptors (Lipinski definition) is 2. The van der Waals surface area contributed by atoms with Crippen molar-refractivity contribution in [2.24, 2.45) is 0 Å². The van der Waals surface area contributed by atoms with Crippen molar-refractivity contribution in [1.82, 2.24) is 0 Å². The topological polar surface area (TPSA) is 40.5 Å². The average molecular weight is 377 g/mol. The molecule has 1 saturated carbocycles. The smallest absolute Gasteiger partial charge is 0.117 e. The third kappa shape index (κ3) is 3.34. The first-order chi connectivity index (χ1) is 13.2. The lowest BCUT2D eigenvalue weighted by atomic mass is 9.95. The van der Waals surface area contributed by atoms with Crippen LogP contribution in [0.25, 0.3) is 0 Å². The van der Waals surface area contributed by atoms with E-state index in [1.807, 2.05) is 18.2 Å². The van der Waals surface area contributed by atoms with Crippen molar-refractivity contribution in [3.63, 3.8) is 0 Å². The van der Waals surface area contributed by atoms with Crippen LogP contribution in [0.15, 0.2) is 91.0 Å². The maximum absolute atomic E-state index is 11.1. The van der Waals surface area contributed by atoms with Gasteiger partial charge in [0, 0.05) is 6.42 Å². The fourth-order valence-corrected chi connectivity index (χ4v) is 9.73. The zero-order chi connectivity index (χ0) is 18.7. The lowest BCUT2D eigenvalue weighted by Crippen LogP contribution is -2.47. The van der Waals surface area contributed by atoms with Crippen LogP contribution in [0.4, 0.5) is 0 Å². The van der Waals surface area contributed by atoms with Gasteiger partial charge in [0.2, 0.25) is 0 Å². The van der Waals surface area contributed by atoms with Crippen molar-refractivity contribution in [3.05, 3.63) is 91.0 Å². The second-order valence-electron chi connectivity index (χ2n) is 7.33. The number of hydrogen-bond donors (Lipinski definition) is 2. The summed E-state index contributed by atoms with van der Waals surface area (Å²) >= 11 is 0. The summed E-state index contributed by atoms with van der Waals surface area (Å²) in [5.74, 6) is 0. The quantitative estimate of drug-likeness (QED) is 0.686. The number of aliphatic hydroxyl groups is 2. The first-order valence-corrected chi connectivity index (χ1v) is 11.5. The highest BCUT2D eigenvalue weighted by Crippen LogP contribution is 2.63. The van der Waals surface area contributed by atoms with Gasteiger partial charge in [-0.05, 0) is 49.2 Å². The zero-order valence-corrected chi connectivity index (χ0v) is 16.2. The SMILES string of the molecule is OC1CCC(O)C([P+](c2ccccc2)(c2ccccc2)c2ccccc2)C1. The van der Waals surface area contributed by atoms with E-state index in [4.69, 9.17) is 0 Å². The molecule has 0 saturated heterocycles. The summed E-state index contributed by atoms with van der Waals surface area (Å²) in [7, 11) is -2.13. The monoisotopic (exact) mass is 377 g/mol. The summed E-state index contributed by atoms with van der Waals surface area (Å²) in [5.41, 5.74) is 0.00782. The maximum atomic E-state index is 11.1. The third-order valence-electron chi connectivity index (χ3n) is 5.74. The molecule has 4 rings (SSSR count). The molecule has 2 nitrogen and oxygen atoms in total. The lowest BCUT2D eigenvalue weighted by Gasteiger charge is -2.40. The van der Waals surface area contributed by atoms with Crippen LogP contribution in [0.2, 0.25) is 0 Å². The minimum atomic E-state index is -2.13. The van der Waals surface area contributed by atoms with Crippen LogP contribution in [-0.4, -0.2) is 28.1 Å². The molecule has 3 aromatic carbocycles. The minimum Gasteiger partial charge on any atom is -0.393 e. The highest BCUT2D eigenvalue weighted by Gasteiger charge is 2.56. The molecule has 0 amide bonds. The minimum absolute atomic E-state index is 0.00782. The van der Waals surface area contributed by atoms with E-state index in [0.29, 0.717) is 19.3 Å². The third-order valence-corrected chi connectivity index (χ3v) is 10.6. The molecule has 2 N–H and O–H groups in total. The Kier molecular flexibility index (Phi) is 5.41. The van der Waals surface area contributed by atoms with Crippen molar-refractivity contribution < 1.29 is 10.2 Å². The van der Waals surface area contributed by atoms with E-state index in [0.717, 1.165) is 0 Å². The van der Waals surface area contributed by atoms with Crippen molar-refractivity contribution in [2.45, 2.75) is 37.1 Å². The molecule has 0 spiro atoms. The Labute approximate surface area is 161 Å². The zero-order valence-electron chi connectivity index (χ0n) is 15.4. The lowest BCUT2D eigenvalue weighted by molar-refractivity contribution is 0.0580. The normalized spacial score (nSPS) is 23.1. The highest BCUT2D eigenvalue weighted by atomic mass is 31.2. The van der Waals surface area contributed by atoms with Crippen LogP contribution in [0.1, 0.15) is 19.3 Å². The van der Waals surface area contributed by atoms with Crippen molar-refractivity contribution in [2.75, 3.05) is 0 Å². The van der Waals surface area contributed by atoms with Crippen molar-refractivity contribution in [3.8, 4) is 0 Å². The molecular formula is C24H26O2P+. The van der Waals surface area contributed by atoms with Gasteiger partial charge >= 0.3 is 0 Å². The Morgan fingerprint density at radius 2 is 1.00 bits per heavy atom. The highest BCUT2D eigenvalue weighted by molar-refractivity contribution is 7.96. The Bertz CT molecular complexity index is 755. The predicted molar refractivity (Wildman–Crippen MR) is 115 cm³/mol. The second-order valence-corrected chi connectivity index (χ2v) is 11.0. The molecule has 0 aromatic heterocycles. The van der Waals surface area contributed by atoms with Crippen LogP contribution in [0.3, 0.4) is 0 Å². The summed E-state index contributed by atoms with van der Waals surface area (Å²) < 4.78 is 0. The Morgan fingerprint density at radius 3 is 1.41 bits per heavy atom. The molecule has 1 fully saturated rings.